The van der Waals surface area contributed by atoms with E-state index in [0.717, 1.165) is 41.8 Å². The fraction of sp³-hybridized carbons (Fsp3) is 0.440. The van der Waals surface area contributed by atoms with E-state index in [2.05, 4.69) is 27.5 Å². The molecule has 1 saturated heterocycles. The minimum atomic E-state index is -0.597. The molecule has 34 heavy (non-hydrogen) atoms. The van der Waals surface area contributed by atoms with Gasteiger partial charge in [0, 0.05) is 36.3 Å². The van der Waals surface area contributed by atoms with Gasteiger partial charge in [0.15, 0.2) is 0 Å². The Bertz CT molecular complexity index is 1180. The summed E-state index contributed by atoms with van der Waals surface area (Å²) in [4.78, 5) is 32.1. The second kappa shape index (κ2) is 8.87. The predicted octanol–water partition coefficient (Wildman–Crippen LogP) is 4.56. The Kier molecular flexibility index (Phi) is 5.89. The average Bonchev–Trinajstić information content (AvgIpc) is 3.52. The molecule has 0 unspecified atom stereocenters. The number of ether oxygens (including phenoxy) is 1. The van der Waals surface area contributed by atoms with Crippen LogP contribution in [-0.2, 0) is 11.8 Å². The molecule has 0 bridgehead atoms. The highest BCUT2D eigenvalue weighted by atomic mass is 32.1. The molecule has 1 N–H and O–H groups in total. The van der Waals surface area contributed by atoms with E-state index in [1.54, 1.807) is 16.3 Å². The molecule has 1 aliphatic carbocycles. The fourth-order valence-electron chi connectivity index (χ4n) is 5.13. The van der Waals surface area contributed by atoms with Crippen LogP contribution in [0.15, 0.2) is 48.1 Å². The SMILES string of the molecule is Cn1cc(-c2nc(C(=O)N[C@H]3CC[C@H](N4C(=O)OC(C)(C)[C@@H]4c4ccccc4)CC3)cs2)cn1. The molecule has 3 aromatic rings. The molecule has 2 amide bonds. The van der Waals surface area contributed by atoms with Crippen molar-refractivity contribution in [3.05, 3.63) is 59.4 Å². The lowest BCUT2D eigenvalue weighted by molar-refractivity contribution is 0.0663. The van der Waals surface area contributed by atoms with E-state index >= 15 is 0 Å². The molecule has 2 aliphatic rings. The smallest absolute Gasteiger partial charge is 0.411 e. The molecule has 2 aromatic heterocycles. The van der Waals surface area contributed by atoms with Crippen LogP contribution in [0.3, 0.4) is 0 Å². The number of rotatable bonds is 5. The van der Waals surface area contributed by atoms with Gasteiger partial charge in [0.1, 0.15) is 16.3 Å². The van der Waals surface area contributed by atoms with E-state index in [1.807, 2.05) is 50.2 Å². The van der Waals surface area contributed by atoms with Crippen molar-refractivity contribution in [2.45, 2.75) is 63.3 Å². The number of hydrogen-bond donors (Lipinski definition) is 1. The van der Waals surface area contributed by atoms with Gasteiger partial charge in [0.2, 0.25) is 0 Å². The van der Waals surface area contributed by atoms with E-state index in [9.17, 15) is 9.59 Å². The molecule has 0 radical (unpaired) electrons. The first-order valence-corrected chi connectivity index (χ1v) is 12.5. The standard InChI is InChI=1S/C25H29N5O3S/c1-25(2)21(16-7-5-4-6-8-16)30(24(32)33-25)19-11-9-18(10-12-19)27-22(31)20-15-34-23(28-20)17-13-26-29(3)14-17/h4-8,13-15,18-19,21H,9-12H2,1-3H3,(H,27,31)/t18-,19-,21-/m0/s1. The number of carbonyl (C=O) groups is 2. The fourth-order valence-corrected chi connectivity index (χ4v) is 5.91. The van der Waals surface area contributed by atoms with Gasteiger partial charge in [-0.1, -0.05) is 30.3 Å². The third-order valence-corrected chi connectivity index (χ3v) is 7.62. The second-order valence-electron chi connectivity index (χ2n) is 9.61. The van der Waals surface area contributed by atoms with Crippen molar-refractivity contribution in [2.75, 3.05) is 0 Å². The van der Waals surface area contributed by atoms with Crippen LogP contribution in [0.4, 0.5) is 4.79 Å². The third kappa shape index (κ3) is 4.32. The van der Waals surface area contributed by atoms with Crippen LogP contribution in [-0.4, -0.2) is 49.3 Å². The summed E-state index contributed by atoms with van der Waals surface area (Å²) in [5.74, 6) is -0.154. The van der Waals surface area contributed by atoms with Crippen molar-refractivity contribution < 1.29 is 14.3 Å². The third-order valence-electron chi connectivity index (χ3n) is 6.73. The van der Waals surface area contributed by atoms with Gasteiger partial charge in [-0.25, -0.2) is 9.78 Å². The number of thiazole rings is 1. The Morgan fingerprint density at radius 3 is 2.59 bits per heavy atom. The molecule has 1 aliphatic heterocycles. The Morgan fingerprint density at radius 2 is 1.91 bits per heavy atom. The number of amides is 2. The van der Waals surface area contributed by atoms with Gasteiger partial charge >= 0.3 is 6.09 Å². The Balaban J connectivity index is 1.22. The van der Waals surface area contributed by atoms with Gasteiger partial charge < -0.3 is 10.1 Å². The predicted molar refractivity (Wildman–Crippen MR) is 129 cm³/mol. The van der Waals surface area contributed by atoms with Gasteiger partial charge in [0.05, 0.1) is 12.2 Å². The number of nitrogens with zero attached hydrogens (tertiary/aromatic N) is 4. The van der Waals surface area contributed by atoms with Crippen LogP contribution in [0.1, 0.15) is 61.6 Å². The van der Waals surface area contributed by atoms with Crippen molar-refractivity contribution in [1.82, 2.24) is 25.0 Å². The number of hydrogen-bond acceptors (Lipinski definition) is 6. The molecular formula is C25H29N5O3S. The normalized spacial score (nSPS) is 24.1. The minimum Gasteiger partial charge on any atom is -0.441 e. The highest BCUT2D eigenvalue weighted by molar-refractivity contribution is 7.13. The maximum Gasteiger partial charge on any atom is 0.411 e. The lowest BCUT2D eigenvalue weighted by Gasteiger charge is -2.38. The quantitative estimate of drug-likeness (QED) is 0.580. The molecule has 1 atom stereocenters. The van der Waals surface area contributed by atoms with E-state index in [-0.39, 0.29) is 30.1 Å². The molecule has 3 heterocycles. The summed E-state index contributed by atoms with van der Waals surface area (Å²) in [5.41, 5.74) is 1.82. The van der Waals surface area contributed by atoms with Crippen LogP contribution in [0.5, 0.6) is 0 Å². The van der Waals surface area contributed by atoms with E-state index in [0.29, 0.717) is 5.69 Å². The molecule has 0 spiro atoms. The van der Waals surface area contributed by atoms with Gasteiger partial charge in [-0.2, -0.15) is 5.10 Å². The molecule has 9 heteroatoms. The van der Waals surface area contributed by atoms with Crippen LogP contribution in [0.25, 0.3) is 10.6 Å². The van der Waals surface area contributed by atoms with Gasteiger partial charge in [0.25, 0.3) is 5.91 Å². The van der Waals surface area contributed by atoms with Crippen molar-refractivity contribution in [2.24, 2.45) is 7.05 Å². The number of carbonyl (C=O) groups excluding carboxylic acids is 2. The molecule has 1 aromatic carbocycles. The number of aryl methyl sites for hydroxylation is 1. The van der Waals surface area contributed by atoms with Gasteiger partial charge in [-0.3, -0.25) is 14.4 Å². The highest BCUT2D eigenvalue weighted by Gasteiger charge is 2.51. The summed E-state index contributed by atoms with van der Waals surface area (Å²) in [5, 5.41) is 9.87. The lowest BCUT2D eigenvalue weighted by atomic mass is 9.86. The summed E-state index contributed by atoms with van der Waals surface area (Å²) < 4.78 is 7.49. The second-order valence-corrected chi connectivity index (χ2v) is 10.5. The molecule has 8 nitrogen and oxygen atoms in total. The maximum atomic E-state index is 12.9. The van der Waals surface area contributed by atoms with Crippen LogP contribution in [0.2, 0.25) is 0 Å². The zero-order chi connectivity index (χ0) is 23.9. The zero-order valence-electron chi connectivity index (χ0n) is 19.6. The summed E-state index contributed by atoms with van der Waals surface area (Å²) in [6.45, 7) is 3.95. The summed E-state index contributed by atoms with van der Waals surface area (Å²) in [7, 11) is 1.85. The van der Waals surface area contributed by atoms with Crippen molar-refractivity contribution in [3.8, 4) is 10.6 Å². The van der Waals surface area contributed by atoms with E-state index in [4.69, 9.17) is 4.74 Å². The molecule has 178 valence electrons. The van der Waals surface area contributed by atoms with Gasteiger partial charge in [-0.05, 0) is 45.1 Å². The van der Waals surface area contributed by atoms with Crippen molar-refractivity contribution in [3.63, 3.8) is 0 Å². The number of nitrogens with one attached hydrogen (secondary N) is 1. The highest BCUT2D eigenvalue weighted by Crippen LogP contribution is 2.44. The Labute approximate surface area is 202 Å². The van der Waals surface area contributed by atoms with E-state index in [1.165, 1.54) is 11.3 Å². The van der Waals surface area contributed by atoms with Crippen LogP contribution >= 0.6 is 11.3 Å². The molecule has 1 saturated carbocycles. The number of cyclic esters (lactones) is 1. The van der Waals surface area contributed by atoms with Gasteiger partial charge in [-0.15, -0.1) is 11.3 Å². The molecule has 5 rings (SSSR count). The first kappa shape index (κ1) is 22.6. The van der Waals surface area contributed by atoms with Crippen LogP contribution < -0.4 is 5.32 Å². The topological polar surface area (TPSA) is 89.4 Å². The minimum absolute atomic E-state index is 0.0640. The van der Waals surface area contributed by atoms with Crippen molar-refractivity contribution >= 4 is 23.3 Å². The lowest BCUT2D eigenvalue weighted by Crippen LogP contribution is -2.46. The zero-order valence-corrected chi connectivity index (χ0v) is 20.4. The Morgan fingerprint density at radius 1 is 1.18 bits per heavy atom. The first-order valence-electron chi connectivity index (χ1n) is 11.6. The van der Waals surface area contributed by atoms with Crippen molar-refractivity contribution in [1.29, 1.82) is 0 Å². The maximum absolute atomic E-state index is 12.9. The van der Waals surface area contributed by atoms with E-state index < -0.39 is 5.60 Å². The average molecular weight is 480 g/mol. The molecular weight excluding hydrogens is 450 g/mol. The first-order chi connectivity index (χ1) is 16.3. The Hall–Kier alpha value is -3.20. The molecule has 2 fully saturated rings. The summed E-state index contributed by atoms with van der Waals surface area (Å²) in [6.07, 6.45) is 6.62. The summed E-state index contributed by atoms with van der Waals surface area (Å²) in [6, 6.07) is 10.1. The largest absolute Gasteiger partial charge is 0.441 e. The monoisotopic (exact) mass is 479 g/mol. The number of benzene rings is 1. The summed E-state index contributed by atoms with van der Waals surface area (Å²) >= 11 is 1.44. The van der Waals surface area contributed by atoms with Crippen LogP contribution in [0, 0.1) is 0 Å². The number of aromatic nitrogens is 3.